The van der Waals surface area contributed by atoms with Gasteiger partial charge in [0.25, 0.3) is 34.4 Å². The molecule has 3 N–H and O–H groups in total. The Morgan fingerprint density at radius 3 is 1.07 bits per heavy atom. The van der Waals surface area contributed by atoms with E-state index in [0.717, 1.165) is 27.6 Å². The van der Waals surface area contributed by atoms with Crippen LogP contribution in [0, 0.1) is 63.2 Å². The summed E-state index contributed by atoms with van der Waals surface area (Å²) in [5, 5.41) is 30.4. The van der Waals surface area contributed by atoms with E-state index in [0.29, 0.717) is 129 Å². The van der Waals surface area contributed by atoms with Gasteiger partial charge in [-0.25, -0.2) is 38.5 Å². The molecule has 6 aromatic carbocycles. The molecule has 12 aromatic heterocycles. The largest absolute Gasteiger partial charge is 0.467 e. The molecule has 27 heteroatoms. The molecular formula is C96H76N20O7. The standard InChI is InChI=1S/C32H25N7O3.C32H27N7O2.C32H24N6O2/c1-20(36-30(40)27-21(2)37-38-16-8-15-33-29(27)38)26-17-24-10-7-9-23(14-13-22-18-34-32(42-3)35-19-22)28(24)31(41)39(26)25-11-5-4-6-12-25;1-20-25(19-37(4)35-20)15-14-23-10-8-11-24-18-27(39(32(41)29(23)24)26-12-6-5-7-13-26)21(2)34-31(40)28-22(3)36-38-17-9-16-33-30(28)38;1-21(35-31(39)28-22(2)36-37-18-8-17-34-30(28)37)27-19-25-11-6-10-24(15-14-23-9-7-16-33-20-23)29(25)32(40)38(27)26-12-4-3-5-13-26/h4-12,15-20H,1-3H3,(H,36,40);5-13,16-19,21H,1-4H3,(H,34,40);3-13,16-21H,1-2H3,(H,35,39)/t20-;2*21-/m000/s1. The quantitative estimate of drug-likeness (QED) is 0.0903. The summed E-state index contributed by atoms with van der Waals surface area (Å²) in [7, 11) is 3.34. The number of hydrogen-bond acceptors (Lipinski definition) is 17. The van der Waals surface area contributed by atoms with Gasteiger partial charge in [-0.05, 0) is 168 Å². The maximum absolute atomic E-state index is 14.2. The van der Waals surface area contributed by atoms with E-state index in [-0.39, 0.29) is 40.4 Å². The highest BCUT2D eigenvalue weighted by Crippen LogP contribution is 2.30. The van der Waals surface area contributed by atoms with Crippen molar-refractivity contribution >= 4 is 67.0 Å². The summed E-state index contributed by atoms with van der Waals surface area (Å²) >= 11 is 0. The summed E-state index contributed by atoms with van der Waals surface area (Å²) in [6.45, 7) is 12.8. The number of carbonyl (C=O) groups is 3. The van der Waals surface area contributed by atoms with Crippen LogP contribution in [0.4, 0.5) is 0 Å². The molecule has 12 heterocycles. The maximum atomic E-state index is 14.2. The number of fused-ring (bicyclic) bond motifs is 6. The zero-order valence-corrected chi connectivity index (χ0v) is 68.0. The third kappa shape index (κ3) is 16.4. The summed E-state index contributed by atoms with van der Waals surface area (Å²) in [4.78, 5) is 108. The van der Waals surface area contributed by atoms with Gasteiger partial charge in [0.15, 0.2) is 16.9 Å². The van der Waals surface area contributed by atoms with Crippen LogP contribution in [-0.2, 0) is 7.05 Å². The lowest BCUT2D eigenvalue weighted by Gasteiger charge is -2.21. The van der Waals surface area contributed by atoms with Crippen LogP contribution in [0.25, 0.3) is 66.3 Å². The molecule has 0 bridgehead atoms. The minimum absolute atomic E-state index is 0.216. The van der Waals surface area contributed by atoms with E-state index in [2.05, 4.69) is 102 Å². The molecule has 0 aliphatic heterocycles. The van der Waals surface area contributed by atoms with Gasteiger partial charge in [-0.1, -0.05) is 127 Å². The number of hydrogen-bond donors (Lipinski definition) is 3. The van der Waals surface area contributed by atoms with Crippen LogP contribution in [-0.4, -0.2) is 107 Å². The number of nitrogens with zero attached hydrogens (tertiary/aromatic N) is 17. The average Bonchev–Trinajstić information content (AvgIpc) is 1.64. The Balaban J connectivity index is 0.000000137. The minimum Gasteiger partial charge on any atom is -0.467 e. The third-order valence-corrected chi connectivity index (χ3v) is 20.5. The molecule has 27 nitrogen and oxygen atoms in total. The third-order valence-electron chi connectivity index (χ3n) is 20.5. The van der Waals surface area contributed by atoms with Crippen LogP contribution in [0.1, 0.15) is 143 Å². The number of benzene rings is 6. The molecule has 0 spiro atoms. The first kappa shape index (κ1) is 80.0. The highest BCUT2D eigenvalue weighted by Gasteiger charge is 2.28. The molecule has 602 valence electrons. The molecule has 0 unspecified atom stereocenters. The van der Waals surface area contributed by atoms with E-state index in [1.165, 1.54) is 7.11 Å². The van der Waals surface area contributed by atoms with Crippen molar-refractivity contribution in [1.82, 2.24) is 98.2 Å². The molecule has 18 aromatic rings. The number of aromatic nitrogens is 17. The number of nitrogens with one attached hydrogen (secondary N) is 3. The van der Waals surface area contributed by atoms with Crippen LogP contribution in [0.5, 0.6) is 6.01 Å². The Morgan fingerprint density at radius 1 is 0.374 bits per heavy atom. The number of aryl methyl sites for hydroxylation is 5. The van der Waals surface area contributed by atoms with Gasteiger partial charge in [0, 0.05) is 132 Å². The minimum atomic E-state index is -0.543. The molecule has 123 heavy (non-hydrogen) atoms. The number of rotatable bonds is 13. The summed E-state index contributed by atoms with van der Waals surface area (Å²) in [6, 6.07) is 58.3. The van der Waals surface area contributed by atoms with E-state index < -0.39 is 18.1 Å². The Kier molecular flexibility index (Phi) is 22.6. The Labute approximate surface area is 703 Å². The monoisotopic (exact) mass is 1620 g/mol. The van der Waals surface area contributed by atoms with Crippen LogP contribution in [0.3, 0.4) is 0 Å². The lowest BCUT2D eigenvalue weighted by Crippen LogP contribution is -2.32. The van der Waals surface area contributed by atoms with E-state index in [4.69, 9.17) is 4.74 Å². The van der Waals surface area contributed by atoms with E-state index in [1.54, 1.807) is 133 Å². The van der Waals surface area contributed by atoms with E-state index in [1.807, 2.05) is 217 Å². The van der Waals surface area contributed by atoms with Gasteiger partial charge in [0.05, 0.1) is 75.3 Å². The zero-order chi connectivity index (χ0) is 85.5. The van der Waals surface area contributed by atoms with Gasteiger partial charge in [-0.15, -0.1) is 0 Å². The summed E-state index contributed by atoms with van der Waals surface area (Å²) in [6.07, 6.45) is 18.5. The van der Waals surface area contributed by atoms with Gasteiger partial charge < -0.3 is 20.7 Å². The van der Waals surface area contributed by atoms with Crippen molar-refractivity contribution in [3.8, 4) is 58.6 Å². The molecule has 18 rings (SSSR count). The smallest absolute Gasteiger partial charge is 0.316 e. The number of amides is 3. The summed E-state index contributed by atoms with van der Waals surface area (Å²) in [5.41, 5.74) is 12.3. The van der Waals surface area contributed by atoms with Crippen molar-refractivity contribution in [1.29, 1.82) is 0 Å². The lowest BCUT2D eigenvalue weighted by atomic mass is 10.0. The Bertz CT molecular complexity index is 7570. The van der Waals surface area contributed by atoms with Crippen molar-refractivity contribution in [2.24, 2.45) is 7.05 Å². The van der Waals surface area contributed by atoms with Crippen LogP contribution in [0.2, 0.25) is 0 Å². The number of pyridine rings is 4. The van der Waals surface area contributed by atoms with Crippen LogP contribution >= 0.6 is 0 Å². The first-order valence-corrected chi connectivity index (χ1v) is 39.1. The molecule has 3 atom stereocenters. The van der Waals surface area contributed by atoms with Crippen molar-refractivity contribution < 1.29 is 19.1 Å². The van der Waals surface area contributed by atoms with Crippen molar-refractivity contribution in [3.63, 3.8) is 0 Å². The fourth-order valence-corrected chi connectivity index (χ4v) is 14.8. The molecular weight excluding hydrogens is 1550 g/mol. The van der Waals surface area contributed by atoms with Gasteiger partial charge in [-0.3, -0.25) is 52.1 Å². The second-order valence-corrected chi connectivity index (χ2v) is 28.8. The normalized spacial score (nSPS) is 11.7. The molecule has 0 fully saturated rings. The SMILES string of the molecule is COc1ncc(C#Cc2cccc3cc([C@H](C)NC(=O)c4c(C)nn5cccnc45)n(-c4ccccc4)c(=O)c23)cn1.Cc1nn(C)cc1C#Cc1cccc2cc([C@H](C)NC(=O)c3c(C)nn4cccnc34)n(-c3ccccc3)c(=O)c12.Cc1nn2cccnc2c1C(=O)N[C@@H](C)c1cc2cccc(C#Cc3cccnc3)c2c(=O)n1-c1ccccc1. The van der Waals surface area contributed by atoms with Gasteiger partial charge >= 0.3 is 6.01 Å². The second kappa shape index (κ2) is 34.8. The van der Waals surface area contributed by atoms with E-state index in [9.17, 15) is 28.8 Å². The topological polar surface area (TPSA) is 310 Å². The van der Waals surface area contributed by atoms with Crippen molar-refractivity contribution in [2.45, 2.75) is 66.6 Å². The molecule has 0 aliphatic carbocycles. The van der Waals surface area contributed by atoms with E-state index >= 15 is 0 Å². The fraction of sp³-hybridized carbons (Fsp3) is 0.125. The molecule has 0 aliphatic rings. The van der Waals surface area contributed by atoms with Crippen molar-refractivity contribution in [3.05, 3.63) is 383 Å². The van der Waals surface area contributed by atoms with Crippen LogP contribution < -0.4 is 37.4 Å². The Hall–Kier alpha value is -16.9. The van der Waals surface area contributed by atoms with Gasteiger partial charge in [-0.2, -0.15) is 20.4 Å². The molecule has 0 saturated carbocycles. The predicted octanol–water partition coefficient (Wildman–Crippen LogP) is 12.9. The Morgan fingerprint density at radius 2 is 0.732 bits per heavy atom. The first-order chi connectivity index (χ1) is 59.8. The number of para-hydroxylation sites is 3. The highest BCUT2D eigenvalue weighted by molar-refractivity contribution is 6.03. The number of methoxy groups -OCH3 is 1. The zero-order valence-electron chi connectivity index (χ0n) is 68.0. The van der Waals surface area contributed by atoms with Crippen LogP contribution in [0.15, 0.2) is 277 Å². The summed E-state index contributed by atoms with van der Waals surface area (Å²) in [5.74, 6) is 17.8. The fourth-order valence-electron chi connectivity index (χ4n) is 14.8. The molecule has 3 amide bonds. The lowest BCUT2D eigenvalue weighted by molar-refractivity contribution is 0.0931. The highest BCUT2D eigenvalue weighted by atomic mass is 16.5. The van der Waals surface area contributed by atoms with Gasteiger partial charge in [0.2, 0.25) is 0 Å². The predicted molar refractivity (Wildman–Crippen MR) is 468 cm³/mol. The molecule has 0 saturated heterocycles. The number of ether oxygens (including phenoxy) is 1. The second-order valence-electron chi connectivity index (χ2n) is 28.8. The maximum Gasteiger partial charge on any atom is 0.316 e. The number of carbonyl (C=O) groups excluding carboxylic acids is 3. The van der Waals surface area contributed by atoms with Gasteiger partial charge in [0.1, 0.15) is 16.7 Å². The van der Waals surface area contributed by atoms with Crippen molar-refractivity contribution in [2.75, 3.05) is 7.11 Å². The summed E-state index contributed by atoms with van der Waals surface area (Å²) < 4.78 is 16.4. The average molecular weight is 1620 g/mol. The first-order valence-electron chi connectivity index (χ1n) is 39.1. The molecule has 0 radical (unpaired) electrons.